The van der Waals surface area contributed by atoms with E-state index in [4.69, 9.17) is 5.21 Å². The normalized spacial score (nSPS) is 14.9. The number of rotatable bonds is 2. The van der Waals surface area contributed by atoms with Crippen LogP contribution in [-0.2, 0) is 6.54 Å². The summed E-state index contributed by atoms with van der Waals surface area (Å²) in [4.78, 5) is 27.5. The van der Waals surface area contributed by atoms with Crippen molar-refractivity contribution in [1.29, 1.82) is 0 Å². The predicted molar refractivity (Wildman–Crippen MR) is 103 cm³/mol. The third-order valence-electron chi connectivity index (χ3n) is 4.54. The van der Waals surface area contributed by atoms with Crippen molar-refractivity contribution in [2.45, 2.75) is 27.3 Å². The zero-order valence-corrected chi connectivity index (χ0v) is 15.7. The summed E-state index contributed by atoms with van der Waals surface area (Å²) < 4.78 is 0. The van der Waals surface area contributed by atoms with Crippen molar-refractivity contribution >= 4 is 34.5 Å². The van der Waals surface area contributed by atoms with Gasteiger partial charge in [0.05, 0.1) is 4.88 Å². The molecule has 3 rings (SSSR count). The van der Waals surface area contributed by atoms with Gasteiger partial charge in [-0.25, -0.2) is 10.3 Å². The van der Waals surface area contributed by atoms with Crippen molar-refractivity contribution < 1.29 is 14.8 Å². The lowest BCUT2D eigenvalue weighted by molar-refractivity contribution is 0.0711. The molecule has 0 atom stereocenters. The van der Waals surface area contributed by atoms with Crippen LogP contribution in [-0.4, -0.2) is 28.6 Å². The first-order valence-corrected chi connectivity index (χ1v) is 9.10. The van der Waals surface area contributed by atoms with Crippen LogP contribution < -0.4 is 10.8 Å². The average Bonchev–Trinajstić information content (AvgIpc) is 3.07. The van der Waals surface area contributed by atoms with E-state index in [1.54, 1.807) is 16.4 Å². The Balaban J connectivity index is 1.81. The van der Waals surface area contributed by atoms with Crippen LogP contribution in [0, 0.1) is 13.8 Å². The molecule has 1 aromatic heterocycles. The van der Waals surface area contributed by atoms with E-state index in [2.05, 4.69) is 5.32 Å². The molecule has 0 fully saturated rings. The Labute approximate surface area is 156 Å². The molecule has 3 amide bonds. The molecule has 0 saturated carbocycles. The van der Waals surface area contributed by atoms with Crippen molar-refractivity contribution in [1.82, 2.24) is 10.4 Å². The van der Waals surface area contributed by atoms with Gasteiger partial charge in [0.25, 0.3) is 5.91 Å². The lowest BCUT2D eigenvalue weighted by atomic mass is 10.0. The molecule has 1 aliphatic rings. The molecule has 2 aromatic rings. The number of nitrogens with zero attached hydrogens (tertiary/aromatic N) is 1. The number of hydrogen-bond acceptors (Lipinski definition) is 4. The van der Waals surface area contributed by atoms with Gasteiger partial charge in [0.1, 0.15) is 0 Å². The largest absolute Gasteiger partial charge is 0.322 e. The summed E-state index contributed by atoms with van der Waals surface area (Å²) in [6.07, 6.45) is 1.95. The number of urea groups is 1. The van der Waals surface area contributed by atoms with E-state index in [1.807, 2.05) is 45.0 Å². The van der Waals surface area contributed by atoms with Gasteiger partial charge in [-0.05, 0) is 61.2 Å². The summed E-state index contributed by atoms with van der Waals surface area (Å²) in [5.74, 6) is -0.536. The molecule has 26 heavy (non-hydrogen) atoms. The summed E-state index contributed by atoms with van der Waals surface area (Å²) >= 11 is 1.32. The Kier molecular flexibility index (Phi) is 5.11. The minimum absolute atomic E-state index is 0.183. The molecule has 1 aromatic carbocycles. The molecule has 0 saturated heterocycles. The Morgan fingerprint density at radius 2 is 1.96 bits per heavy atom. The number of carbonyl (C=O) groups excluding carboxylic acids is 2. The molecule has 1 aliphatic heterocycles. The monoisotopic (exact) mass is 371 g/mol. The number of allylic oxidation sites excluding steroid dienone is 1. The number of nitrogens with one attached hydrogen (secondary N) is 2. The molecule has 136 valence electrons. The van der Waals surface area contributed by atoms with Gasteiger partial charge in [-0.1, -0.05) is 12.1 Å². The molecular formula is C19H21N3O3S. The molecular weight excluding hydrogens is 350 g/mol. The molecule has 3 N–H and O–H groups in total. The molecule has 0 unspecified atom stereocenters. The SMILES string of the molecule is C/C=C1\CN(C(=O)Nc2ccc(C)c(C)c2)Cc2cc(C(=O)NO)sc21. The van der Waals surface area contributed by atoms with Gasteiger partial charge in [0, 0.05) is 23.7 Å². The number of carbonyl (C=O) groups is 2. The second-order valence-electron chi connectivity index (χ2n) is 6.31. The van der Waals surface area contributed by atoms with Gasteiger partial charge in [0.15, 0.2) is 0 Å². The van der Waals surface area contributed by atoms with E-state index in [0.29, 0.717) is 18.0 Å². The van der Waals surface area contributed by atoms with E-state index < -0.39 is 5.91 Å². The maximum Gasteiger partial charge on any atom is 0.322 e. The minimum atomic E-state index is -0.536. The summed E-state index contributed by atoms with van der Waals surface area (Å²) in [6.45, 7) is 6.84. The molecule has 2 heterocycles. The van der Waals surface area contributed by atoms with E-state index in [0.717, 1.165) is 27.3 Å². The maximum absolute atomic E-state index is 12.7. The fourth-order valence-corrected chi connectivity index (χ4v) is 4.04. The fourth-order valence-electron chi connectivity index (χ4n) is 2.91. The summed E-state index contributed by atoms with van der Waals surface area (Å²) in [5.41, 5.74) is 6.61. The smallest absolute Gasteiger partial charge is 0.316 e. The summed E-state index contributed by atoms with van der Waals surface area (Å²) in [5, 5.41) is 11.8. The van der Waals surface area contributed by atoms with Gasteiger partial charge in [-0.3, -0.25) is 10.0 Å². The van der Waals surface area contributed by atoms with Crippen LogP contribution in [0.2, 0.25) is 0 Å². The van der Waals surface area contributed by atoms with Gasteiger partial charge in [-0.2, -0.15) is 0 Å². The maximum atomic E-state index is 12.7. The zero-order chi connectivity index (χ0) is 18.8. The molecule has 7 heteroatoms. The van der Waals surface area contributed by atoms with Gasteiger partial charge in [0.2, 0.25) is 0 Å². The van der Waals surface area contributed by atoms with E-state index in [9.17, 15) is 9.59 Å². The highest BCUT2D eigenvalue weighted by Crippen LogP contribution is 2.35. The first kappa shape index (κ1) is 18.2. The third-order valence-corrected chi connectivity index (χ3v) is 5.79. The summed E-state index contributed by atoms with van der Waals surface area (Å²) in [7, 11) is 0. The number of fused-ring (bicyclic) bond motifs is 1. The van der Waals surface area contributed by atoms with Gasteiger partial charge < -0.3 is 10.2 Å². The molecule has 0 radical (unpaired) electrons. The number of benzene rings is 1. The third kappa shape index (κ3) is 3.49. The highest BCUT2D eigenvalue weighted by Gasteiger charge is 2.27. The second-order valence-corrected chi connectivity index (χ2v) is 7.36. The van der Waals surface area contributed by atoms with Crippen molar-refractivity contribution in [3.63, 3.8) is 0 Å². The van der Waals surface area contributed by atoms with E-state index >= 15 is 0 Å². The Morgan fingerprint density at radius 1 is 1.19 bits per heavy atom. The topological polar surface area (TPSA) is 81.7 Å². The van der Waals surface area contributed by atoms with Gasteiger partial charge >= 0.3 is 6.03 Å². The first-order valence-electron chi connectivity index (χ1n) is 8.28. The molecule has 0 spiro atoms. The number of hydroxylamine groups is 1. The van der Waals surface area contributed by atoms with Crippen molar-refractivity contribution in [3.05, 3.63) is 56.8 Å². The summed E-state index contributed by atoms with van der Waals surface area (Å²) in [6, 6.07) is 7.37. The van der Waals surface area contributed by atoms with Crippen LogP contribution in [0.4, 0.5) is 10.5 Å². The van der Waals surface area contributed by atoms with Crippen LogP contribution in [0.25, 0.3) is 5.57 Å². The molecule has 0 aliphatic carbocycles. The second kappa shape index (κ2) is 7.31. The van der Waals surface area contributed by atoms with Crippen molar-refractivity contribution in [2.24, 2.45) is 0 Å². The average molecular weight is 371 g/mol. The van der Waals surface area contributed by atoms with E-state index in [-0.39, 0.29) is 6.03 Å². The fraction of sp³-hybridized carbons (Fsp3) is 0.263. The number of hydrogen-bond donors (Lipinski definition) is 3. The van der Waals surface area contributed by atoms with Crippen LogP contribution in [0.3, 0.4) is 0 Å². The van der Waals surface area contributed by atoms with Crippen molar-refractivity contribution in [3.8, 4) is 0 Å². The predicted octanol–water partition coefficient (Wildman–Crippen LogP) is 3.93. The first-order chi connectivity index (χ1) is 12.4. The van der Waals surface area contributed by atoms with Crippen LogP contribution >= 0.6 is 11.3 Å². The van der Waals surface area contributed by atoms with E-state index in [1.165, 1.54) is 16.9 Å². The number of aryl methyl sites for hydroxylation is 2. The Hall–Kier alpha value is -2.64. The highest BCUT2D eigenvalue weighted by atomic mass is 32.1. The highest BCUT2D eigenvalue weighted by molar-refractivity contribution is 7.15. The standard InChI is InChI=1S/C19H21N3O3S/c1-4-13-9-22(10-14-8-16(18(23)21-25)26-17(13)14)19(24)20-15-6-5-11(2)12(3)7-15/h4-8,25H,9-10H2,1-3H3,(H,20,24)(H,21,23)/b13-4+. The lowest BCUT2D eigenvalue weighted by Gasteiger charge is -2.29. The van der Waals surface area contributed by atoms with Crippen molar-refractivity contribution in [2.75, 3.05) is 11.9 Å². The number of thiophene rings is 1. The Morgan fingerprint density at radius 3 is 2.62 bits per heavy atom. The van der Waals surface area contributed by atoms with Crippen LogP contribution in [0.15, 0.2) is 30.3 Å². The Bertz CT molecular complexity index is 901. The molecule has 0 bridgehead atoms. The van der Waals surface area contributed by atoms with Crippen LogP contribution in [0.1, 0.15) is 38.2 Å². The quantitative estimate of drug-likeness (QED) is 0.552. The minimum Gasteiger partial charge on any atom is -0.316 e. The molecule has 6 nitrogen and oxygen atoms in total. The van der Waals surface area contributed by atoms with Crippen LogP contribution in [0.5, 0.6) is 0 Å². The number of anilines is 1. The number of amides is 3. The lowest BCUT2D eigenvalue weighted by Crippen LogP contribution is -2.38. The van der Waals surface area contributed by atoms with Gasteiger partial charge in [-0.15, -0.1) is 11.3 Å². The zero-order valence-electron chi connectivity index (χ0n) is 14.9.